The summed E-state index contributed by atoms with van der Waals surface area (Å²) in [5.74, 6) is 0. The molecule has 0 saturated carbocycles. The van der Waals surface area contributed by atoms with Crippen molar-refractivity contribution < 1.29 is 18.3 Å². The summed E-state index contributed by atoms with van der Waals surface area (Å²) in [6.45, 7) is 2.16. The number of hydrogen-bond acceptors (Lipinski definition) is 2. The van der Waals surface area contributed by atoms with Crippen LogP contribution in [-0.2, 0) is 18.2 Å². The monoisotopic (exact) mass is 383 g/mol. The molecule has 1 heterocycles. The largest absolute Gasteiger partial charge is 0.417 e. The van der Waals surface area contributed by atoms with E-state index >= 15 is 0 Å². The molecule has 1 aliphatic heterocycles. The molecule has 1 fully saturated rings. The van der Waals surface area contributed by atoms with Gasteiger partial charge in [-0.25, -0.2) is 0 Å². The molecule has 0 aromatic heterocycles. The molecule has 0 spiro atoms. The minimum atomic E-state index is -4.53. The normalized spacial score (nSPS) is 18.0. The summed E-state index contributed by atoms with van der Waals surface area (Å²) in [6.07, 6.45) is -2.81. The Labute approximate surface area is 156 Å². The summed E-state index contributed by atoms with van der Waals surface area (Å²) in [4.78, 5) is 2.24. The Morgan fingerprint density at radius 3 is 2.31 bits per heavy atom. The van der Waals surface area contributed by atoms with Crippen molar-refractivity contribution in [3.05, 3.63) is 70.2 Å². The van der Waals surface area contributed by atoms with E-state index < -0.39 is 17.3 Å². The minimum absolute atomic E-state index is 0.289. The lowest BCUT2D eigenvalue weighted by molar-refractivity contribution is -0.137. The molecule has 3 rings (SSSR count). The third kappa shape index (κ3) is 4.40. The first-order chi connectivity index (χ1) is 12.3. The first-order valence-corrected chi connectivity index (χ1v) is 9.02. The van der Waals surface area contributed by atoms with Gasteiger partial charge in [0.25, 0.3) is 0 Å². The first-order valence-electron chi connectivity index (χ1n) is 8.64. The molecule has 1 N–H and O–H groups in total. The molecular formula is C20H21ClF3NO. The maximum absolute atomic E-state index is 13.1. The SMILES string of the molecule is OC1(c2ccc(Cl)c(C(F)(F)F)c2)CCN(CCc2ccccc2)CC1. The van der Waals surface area contributed by atoms with Gasteiger partial charge in [0.15, 0.2) is 0 Å². The lowest BCUT2D eigenvalue weighted by atomic mass is 9.83. The standard InChI is InChI=1S/C20H21ClF3NO/c21-18-7-6-16(14-17(18)20(22,23)24)19(26)9-12-25(13-10-19)11-8-15-4-2-1-3-5-15/h1-7,14,26H,8-13H2. The van der Waals surface area contributed by atoms with Crippen LogP contribution in [0, 0.1) is 0 Å². The van der Waals surface area contributed by atoms with Crippen LogP contribution in [0.3, 0.4) is 0 Å². The van der Waals surface area contributed by atoms with Gasteiger partial charge in [-0.05, 0) is 42.5 Å². The Hall–Kier alpha value is -1.56. The van der Waals surface area contributed by atoms with Crippen molar-refractivity contribution in [2.24, 2.45) is 0 Å². The van der Waals surface area contributed by atoms with Crippen molar-refractivity contribution in [3.63, 3.8) is 0 Å². The van der Waals surface area contributed by atoms with Gasteiger partial charge in [-0.15, -0.1) is 0 Å². The summed E-state index contributed by atoms with van der Waals surface area (Å²) in [7, 11) is 0. The number of likely N-dealkylation sites (tertiary alicyclic amines) is 1. The Morgan fingerprint density at radius 2 is 1.69 bits per heavy atom. The molecule has 0 aliphatic carbocycles. The van der Waals surface area contributed by atoms with Crippen molar-refractivity contribution in [1.29, 1.82) is 0 Å². The minimum Gasteiger partial charge on any atom is -0.385 e. The number of benzene rings is 2. The molecule has 0 amide bonds. The first kappa shape index (κ1) is 19.2. The van der Waals surface area contributed by atoms with Crippen LogP contribution in [0.5, 0.6) is 0 Å². The summed E-state index contributed by atoms with van der Waals surface area (Å²) < 4.78 is 39.2. The zero-order valence-electron chi connectivity index (χ0n) is 14.3. The van der Waals surface area contributed by atoms with Crippen LogP contribution < -0.4 is 0 Å². The predicted molar refractivity (Wildman–Crippen MR) is 96.2 cm³/mol. The van der Waals surface area contributed by atoms with Gasteiger partial charge in [-0.2, -0.15) is 13.2 Å². The van der Waals surface area contributed by atoms with Crippen molar-refractivity contribution in [2.45, 2.75) is 31.0 Å². The highest BCUT2D eigenvalue weighted by Crippen LogP contribution is 2.39. The lowest BCUT2D eigenvalue weighted by Crippen LogP contribution is -2.43. The summed E-state index contributed by atoms with van der Waals surface area (Å²) >= 11 is 5.68. The molecule has 0 bridgehead atoms. The fraction of sp³-hybridized carbons (Fsp3) is 0.400. The average Bonchev–Trinajstić information content (AvgIpc) is 2.61. The lowest BCUT2D eigenvalue weighted by Gasteiger charge is -2.39. The van der Waals surface area contributed by atoms with Crippen LogP contribution in [0.4, 0.5) is 13.2 Å². The fourth-order valence-corrected chi connectivity index (χ4v) is 3.62. The van der Waals surface area contributed by atoms with E-state index in [9.17, 15) is 18.3 Å². The second kappa shape index (κ2) is 7.59. The summed E-state index contributed by atoms with van der Waals surface area (Å²) in [5.41, 5.74) is -0.595. The van der Waals surface area contributed by atoms with E-state index in [4.69, 9.17) is 11.6 Å². The van der Waals surface area contributed by atoms with E-state index in [1.807, 2.05) is 18.2 Å². The fourth-order valence-electron chi connectivity index (χ4n) is 3.40. The number of rotatable bonds is 4. The van der Waals surface area contributed by atoms with Crippen molar-refractivity contribution in [2.75, 3.05) is 19.6 Å². The zero-order valence-corrected chi connectivity index (χ0v) is 15.0. The number of aliphatic hydroxyl groups is 1. The van der Waals surface area contributed by atoms with E-state index in [2.05, 4.69) is 17.0 Å². The Kier molecular flexibility index (Phi) is 5.61. The van der Waals surface area contributed by atoms with Gasteiger partial charge in [-0.3, -0.25) is 0 Å². The van der Waals surface area contributed by atoms with Gasteiger partial charge in [0.05, 0.1) is 16.2 Å². The van der Waals surface area contributed by atoms with Crippen LogP contribution in [0.25, 0.3) is 0 Å². The molecular weight excluding hydrogens is 363 g/mol. The molecule has 6 heteroatoms. The van der Waals surface area contributed by atoms with Gasteiger partial charge in [0.1, 0.15) is 0 Å². The van der Waals surface area contributed by atoms with E-state index in [1.54, 1.807) is 0 Å². The highest BCUT2D eigenvalue weighted by atomic mass is 35.5. The van der Waals surface area contributed by atoms with E-state index in [0.29, 0.717) is 25.9 Å². The van der Waals surface area contributed by atoms with E-state index in [1.165, 1.54) is 17.7 Å². The Balaban J connectivity index is 1.64. The summed E-state index contributed by atoms with van der Waals surface area (Å²) in [6, 6.07) is 13.8. The molecule has 26 heavy (non-hydrogen) atoms. The third-order valence-corrected chi connectivity index (χ3v) is 5.38. The molecule has 0 atom stereocenters. The Morgan fingerprint density at radius 1 is 1.04 bits per heavy atom. The molecule has 140 valence electrons. The highest BCUT2D eigenvalue weighted by Gasteiger charge is 2.38. The number of nitrogens with zero attached hydrogens (tertiary/aromatic N) is 1. The van der Waals surface area contributed by atoms with Gasteiger partial charge in [-0.1, -0.05) is 48.0 Å². The maximum Gasteiger partial charge on any atom is 0.417 e. The van der Waals surface area contributed by atoms with Gasteiger partial charge >= 0.3 is 6.18 Å². The molecule has 1 saturated heterocycles. The van der Waals surface area contributed by atoms with Crippen LogP contribution >= 0.6 is 11.6 Å². The smallest absolute Gasteiger partial charge is 0.385 e. The van der Waals surface area contributed by atoms with Crippen LogP contribution in [0.15, 0.2) is 48.5 Å². The number of halogens is 4. The highest BCUT2D eigenvalue weighted by molar-refractivity contribution is 6.31. The van der Waals surface area contributed by atoms with E-state index in [-0.39, 0.29) is 10.6 Å². The van der Waals surface area contributed by atoms with E-state index in [0.717, 1.165) is 19.0 Å². The van der Waals surface area contributed by atoms with Crippen molar-refractivity contribution >= 4 is 11.6 Å². The second-order valence-electron chi connectivity index (χ2n) is 6.80. The van der Waals surface area contributed by atoms with Crippen LogP contribution in [-0.4, -0.2) is 29.6 Å². The molecule has 1 aliphatic rings. The quantitative estimate of drug-likeness (QED) is 0.813. The predicted octanol–water partition coefficient (Wildman–Crippen LogP) is 4.88. The molecule has 2 nitrogen and oxygen atoms in total. The maximum atomic E-state index is 13.1. The zero-order chi connectivity index (χ0) is 18.8. The van der Waals surface area contributed by atoms with Gasteiger partial charge in [0.2, 0.25) is 0 Å². The molecule has 0 unspecified atom stereocenters. The number of hydrogen-bond donors (Lipinski definition) is 1. The van der Waals surface area contributed by atoms with Gasteiger partial charge in [0, 0.05) is 19.6 Å². The second-order valence-corrected chi connectivity index (χ2v) is 7.21. The average molecular weight is 384 g/mol. The van der Waals surface area contributed by atoms with Crippen molar-refractivity contribution in [3.8, 4) is 0 Å². The van der Waals surface area contributed by atoms with Gasteiger partial charge < -0.3 is 10.0 Å². The number of piperidine rings is 1. The topological polar surface area (TPSA) is 23.5 Å². The molecule has 0 radical (unpaired) electrons. The summed E-state index contributed by atoms with van der Waals surface area (Å²) in [5, 5.41) is 10.5. The molecule has 2 aromatic carbocycles. The third-order valence-electron chi connectivity index (χ3n) is 5.05. The van der Waals surface area contributed by atoms with Crippen molar-refractivity contribution in [1.82, 2.24) is 4.90 Å². The van der Waals surface area contributed by atoms with Crippen LogP contribution in [0.1, 0.15) is 29.5 Å². The Bertz CT molecular complexity index is 740. The van der Waals surface area contributed by atoms with Crippen LogP contribution in [0.2, 0.25) is 5.02 Å². The molecule has 2 aromatic rings. The number of alkyl halides is 3.